The smallest absolute Gasteiger partial charge is 0.332 e. The number of benzene rings is 1. The summed E-state index contributed by atoms with van der Waals surface area (Å²) in [6, 6.07) is 3.70. The van der Waals surface area contributed by atoms with Crippen LogP contribution in [0.25, 0.3) is 0 Å². The zero-order chi connectivity index (χ0) is 15.4. The second-order valence-electron chi connectivity index (χ2n) is 4.27. The summed E-state index contributed by atoms with van der Waals surface area (Å²) < 4.78 is 4.68. The number of amides is 2. The molecule has 1 heterocycles. The molecule has 112 valence electrons. The minimum absolute atomic E-state index is 0.0980. The van der Waals surface area contributed by atoms with Crippen molar-refractivity contribution in [3.8, 4) is 0 Å². The first-order valence-corrected chi connectivity index (χ1v) is 7.29. The fourth-order valence-corrected chi connectivity index (χ4v) is 2.51. The van der Waals surface area contributed by atoms with E-state index in [4.69, 9.17) is 5.73 Å². The van der Waals surface area contributed by atoms with Gasteiger partial charge in [0.1, 0.15) is 0 Å². The van der Waals surface area contributed by atoms with E-state index in [1.807, 2.05) is 0 Å². The van der Waals surface area contributed by atoms with E-state index in [-0.39, 0.29) is 12.5 Å². The Morgan fingerprint density at radius 3 is 3.00 bits per heavy atom. The molecule has 0 saturated heterocycles. The van der Waals surface area contributed by atoms with Crippen LogP contribution in [0.5, 0.6) is 0 Å². The highest BCUT2D eigenvalue weighted by Gasteiger charge is 2.24. The summed E-state index contributed by atoms with van der Waals surface area (Å²) in [5, 5.41) is 5.23. The molecule has 21 heavy (non-hydrogen) atoms. The van der Waals surface area contributed by atoms with Gasteiger partial charge in [-0.25, -0.2) is 4.79 Å². The standard InChI is InChI=1S/C13H15N3O4S/c1-2-20-13(19)11(14)12(18)15-7-3-4-9-8(5-7)16-10(17)6-21-9/h3-5,11H,2,6,14H2,1H3,(H,15,18)(H,16,17). The highest BCUT2D eigenvalue weighted by molar-refractivity contribution is 8.00. The lowest BCUT2D eigenvalue weighted by Gasteiger charge is -2.18. The van der Waals surface area contributed by atoms with Crippen molar-refractivity contribution in [3.63, 3.8) is 0 Å². The first-order valence-electron chi connectivity index (χ1n) is 6.31. The van der Waals surface area contributed by atoms with Crippen LogP contribution in [0.3, 0.4) is 0 Å². The Hall–Kier alpha value is -2.06. The van der Waals surface area contributed by atoms with Crippen LogP contribution in [0.4, 0.5) is 11.4 Å². The fraction of sp³-hybridized carbons (Fsp3) is 0.308. The number of hydrogen-bond acceptors (Lipinski definition) is 6. The highest BCUT2D eigenvalue weighted by atomic mass is 32.2. The minimum Gasteiger partial charge on any atom is -0.464 e. The summed E-state index contributed by atoms with van der Waals surface area (Å²) >= 11 is 1.42. The summed E-state index contributed by atoms with van der Waals surface area (Å²) in [6.45, 7) is 1.79. The zero-order valence-electron chi connectivity index (χ0n) is 11.3. The molecular formula is C13H15N3O4S. The number of rotatable bonds is 4. The predicted octanol–water partition coefficient (Wildman–Crippen LogP) is 0.560. The average Bonchev–Trinajstić information content (AvgIpc) is 2.46. The van der Waals surface area contributed by atoms with Gasteiger partial charge in [0.25, 0.3) is 5.91 Å². The van der Waals surface area contributed by atoms with E-state index < -0.39 is 17.9 Å². The van der Waals surface area contributed by atoms with Crippen LogP contribution < -0.4 is 16.4 Å². The lowest BCUT2D eigenvalue weighted by molar-refractivity contribution is -0.147. The monoisotopic (exact) mass is 309 g/mol. The molecule has 0 aliphatic carbocycles. The Labute approximate surface area is 125 Å². The van der Waals surface area contributed by atoms with Gasteiger partial charge in [-0.15, -0.1) is 11.8 Å². The molecule has 1 aromatic rings. The third-order valence-electron chi connectivity index (χ3n) is 2.70. The van der Waals surface area contributed by atoms with Gasteiger partial charge < -0.3 is 21.1 Å². The summed E-state index contributed by atoms with van der Waals surface area (Å²) in [5.74, 6) is -1.17. The van der Waals surface area contributed by atoms with E-state index in [0.29, 0.717) is 17.1 Å². The third kappa shape index (κ3) is 3.73. The molecule has 2 amide bonds. The molecule has 0 aromatic heterocycles. The van der Waals surface area contributed by atoms with Gasteiger partial charge in [-0.05, 0) is 25.1 Å². The molecule has 1 unspecified atom stereocenters. The number of fused-ring (bicyclic) bond motifs is 1. The number of carbonyl (C=O) groups excluding carboxylic acids is 3. The van der Waals surface area contributed by atoms with Gasteiger partial charge in [-0.1, -0.05) is 0 Å². The van der Waals surface area contributed by atoms with E-state index in [9.17, 15) is 14.4 Å². The van der Waals surface area contributed by atoms with Crippen LogP contribution in [0.2, 0.25) is 0 Å². The molecule has 1 aliphatic rings. The Morgan fingerprint density at radius 2 is 2.29 bits per heavy atom. The molecule has 0 saturated carbocycles. The Morgan fingerprint density at radius 1 is 1.52 bits per heavy atom. The van der Waals surface area contributed by atoms with Gasteiger partial charge >= 0.3 is 5.97 Å². The minimum atomic E-state index is -1.38. The maximum Gasteiger partial charge on any atom is 0.332 e. The van der Waals surface area contributed by atoms with Gasteiger partial charge in [-0.3, -0.25) is 9.59 Å². The number of nitrogens with one attached hydrogen (secondary N) is 2. The molecule has 2 rings (SSSR count). The van der Waals surface area contributed by atoms with E-state index in [2.05, 4.69) is 15.4 Å². The maximum absolute atomic E-state index is 11.8. The summed E-state index contributed by atoms with van der Waals surface area (Å²) in [7, 11) is 0. The first-order chi connectivity index (χ1) is 10.0. The maximum atomic E-state index is 11.8. The lowest BCUT2D eigenvalue weighted by atomic mass is 10.2. The van der Waals surface area contributed by atoms with Gasteiger partial charge in [0.2, 0.25) is 5.91 Å². The number of nitrogens with two attached hydrogens (primary N) is 1. The second-order valence-corrected chi connectivity index (χ2v) is 5.28. The van der Waals surface area contributed by atoms with Gasteiger partial charge in [-0.2, -0.15) is 0 Å². The van der Waals surface area contributed by atoms with Crippen molar-refractivity contribution in [2.75, 3.05) is 23.0 Å². The van der Waals surface area contributed by atoms with E-state index in [1.165, 1.54) is 11.8 Å². The number of carbonyl (C=O) groups is 3. The molecule has 1 aliphatic heterocycles. The molecule has 0 bridgehead atoms. The summed E-state index contributed by atoms with van der Waals surface area (Å²) in [5.41, 5.74) is 6.56. The number of hydrogen-bond donors (Lipinski definition) is 3. The Balaban J connectivity index is 2.06. The van der Waals surface area contributed by atoms with Crippen molar-refractivity contribution in [1.29, 1.82) is 0 Å². The van der Waals surface area contributed by atoms with Crippen LogP contribution in [0, 0.1) is 0 Å². The summed E-state index contributed by atoms with van der Waals surface area (Å²) in [4.78, 5) is 35.5. The van der Waals surface area contributed by atoms with Crippen molar-refractivity contribution in [2.24, 2.45) is 5.73 Å². The van der Waals surface area contributed by atoms with Crippen LogP contribution in [0.15, 0.2) is 23.1 Å². The molecule has 0 spiro atoms. The van der Waals surface area contributed by atoms with Crippen LogP contribution in [-0.2, 0) is 19.1 Å². The van der Waals surface area contributed by atoms with Gasteiger partial charge in [0.15, 0.2) is 6.04 Å². The average molecular weight is 309 g/mol. The quantitative estimate of drug-likeness (QED) is 0.553. The summed E-state index contributed by atoms with van der Waals surface area (Å²) in [6.07, 6.45) is 0. The number of anilines is 2. The highest BCUT2D eigenvalue weighted by Crippen LogP contribution is 2.33. The first kappa shape index (κ1) is 15.3. The van der Waals surface area contributed by atoms with Crippen molar-refractivity contribution in [1.82, 2.24) is 0 Å². The van der Waals surface area contributed by atoms with Gasteiger partial charge in [0.05, 0.1) is 18.0 Å². The molecule has 1 aromatic carbocycles. The van der Waals surface area contributed by atoms with Crippen LogP contribution >= 0.6 is 11.8 Å². The number of ether oxygens (including phenoxy) is 1. The molecule has 0 fully saturated rings. The topological polar surface area (TPSA) is 111 Å². The van der Waals surface area contributed by atoms with Crippen LogP contribution in [0.1, 0.15) is 6.92 Å². The molecule has 8 heteroatoms. The molecule has 0 radical (unpaired) electrons. The Kier molecular flexibility index (Phi) is 4.81. The normalized spacial score (nSPS) is 14.7. The van der Waals surface area contributed by atoms with Crippen molar-refractivity contribution < 1.29 is 19.1 Å². The Bertz CT molecular complexity index is 591. The van der Waals surface area contributed by atoms with Crippen LogP contribution in [-0.4, -0.2) is 36.2 Å². The second kappa shape index (κ2) is 6.59. The molecule has 1 atom stereocenters. The zero-order valence-corrected chi connectivity index (χ0v) is 12.2. The molecule has 4 N–H and O–H groups in total. The predicted molar refractivity (Wildman–Crippen MR) is 79.0 cm³/mol. The number of esters is 1. The largest absolute Gasteiger partial charge is 0.464 e. The van der Waals surface area contributed by atoms with E-state index in [0.717, 1.165) is 4.90 Å². The molecule has 7 nitrogen and oxygen atoms in total. The van der Waals surface area contributed by atoms with Crippen molar-refractivity contribution in [3.05, 3.63) is 18.2 Å². The third-order valence-corrected chi connectivity index (χ3v) is 3.78. The van der Waals surface area contributed by atoms with Crippen molar-refractivity contribution in [2.45, 2.75) is 17.9 Å². The lowest BCUT2D eigenvalue weighted by Crippen LogP contribution is -2.43. The fourth-order valence-electron chi connectivity index (χ4n) is 1.72. The van der Waals surface area contributed by atoms with E-state index >= 15 is 0 Å². The number of thioether (sulfide) groups is 1. The molecular weight excluding hydrogens is 294 g/mol. The van der Waals surface area contributed by atoms with Gasteiger partial charge in [0, 0.05) is 10.6 Å². The SMILES string of the molecule is CCOC(=O)C(N)C(=O)Nc1ccc2c(c1)NC(=O)CS2. The van der Waals surface area contributed by atoms with Crippen molar-refractivity contribution >= 4 is 40.9 Å². The van der Waals surface area contributed by atoms with E-state index in [1.54, 1.807) is 25.1 Å².